The molecule has 7 heteroatoms. The van der Waals surface area contributed by atoms with Crippen molar-refractivity contribution in [3.8, 4) is 0 Å². The summed E-state index contributed by atoms with van der Waals surface area (Å²) >= 11 is 0. The number of carbonyl (C=O) groups is 2. The van der Waals surface area contributed by atoms with Crippen LogP contribution in [0.5, 0.6) is 0 Å². The molecule has 22 heavy (non-hydrogen) atoms. The Bertz CT molecular complexity index is 527. The number of nitro benzene ring substituents is 1. The molecule has 0 saturated heterocycles. The number of methoxy groups -OCH3 is 1. The Labute approximate surface area is 129 Å². The van der Waals surface area contributed by atoms with Gasteiger partial charge in [-0.2, -0.15) is 0 Å². The van der Waals surface area contributed by atoms with Crippen LogP contribution in [0.1, 0.15) is 36.5 Å². The zero-order chi connectivity index (χ0) is 16.5. The summed E-state index contributed by atoms with van der Waals surface area (Å²) in [7, 11) is 1.30. The number of unbranched alkanes of at least 4 members (excludes halogenated alkanes) is 1. The molecule has 0 unspecified atom stereocenters. The maximum absolute atomic E-state index is 12.4. The van der Waals surface area contributed by atoms with Gasteiger partial charge in [-0.05, 0) is 18.6 Å². The summed E-state index contributed by atoms with van der Waals surface area (Å²) in [5.41, 5.74) is 0.304. The van der Waals surface area contributed by atoms with Crippen LogP contribution < -0.4 is 0 Å². The SMILES string of the molecule is CCCCN(CCC(=O)OC)C(=O)c1ccc([N+](=O)[O-])cc1. The Kier molecular flexibility index (Phi) is 7.01. The standard InChI is InChI=1S/C15H20N2O5/c1-3-4-10-16(11-9-14(18)22-2)15(19)12-5-7-13(8-6-12)17(20)21/h5-8H,3-4,9-11H2,1-2H3. The van der Waals surface area contributed by atoms with Crippen LogP contribution in [0.3, 0.4) is 0 Å². The van der Waals surface area contributed by atoms with Crippen molar-refractivity contribution in [3.05, 3.63) is 39.9 Å². The molecule has 0 aliphatic heterocycles. The van der Waals surface area contributed by atoms with Gasteiger partial charge < -0.3 is 9.64 Å². The Morgan fingerprint density at radius 1 is 1.23 bits per heavy atom. The summed E-state index contributed by atoms with van der Waals surface area (Å²) in [5, 5.41) is 10.6. The number of esters is 1. The van der Waals surface area contributed by atoms with Crippen molar-refractivity contribution in [2.75, 3.05) is 20.2 Å². The van der Waals surface area contributed by atoms with Crippen molar-refractivity contribution in [3.63, 3.8) is 0 Å². The largest absolute Gasteiger partial charge is 0.469 e. The first-order valence-corrected chi connectivity index (χ1v) is 7.10. The number of nitro groups is 1. The number of hydrogen-bond acceptors (Lipinski definition) is 5. The second-order valence-corrected chi connectivity index (χ2v) is 4.78. The van der Waals surface area contributed by atoms with Crippen molar-refractivity contribution in [2.24, 2.45) is 0 Å². The fraction of sp³-hybridized carbons (Fsp3) is 0.467. The molecule has 1 amide bonds. The molecule has 120 valence electrons. The molecule has 1 rings (SSSR count). The second-order valence-electron chi connectivity index (χ2n) is 4.78. The van der Waals surface area contributed by atoms with Crippen LogP contribution in [0.2, 0.25) is 0 Å². The number of amides is 1. The number of rotatable bonds is 8. The van der Waals surface area contributed by atoms with E-state index in [-0.39, 0.29) is 30.5 Å². The Hall–Kier alpha value is -2.44. The first-order valence-electron chi connectivity index (χ1n) is 7.10. The fourth-order valence-electron chi connectivity index (χ4n) is 1.90. The summed E-state index contributed by atoms with van der Waals surface area (Å²) in [5.74, 6) is -0.620. The molecule has 1 aromatic rings. The van der Waals surface area contributed by atoms with E-state index in [0.717, 1.165) is 12.8 Å². The summed E-state index contributed by atoms with van der Waals surface area (Å²) in [4.78, 5) is 35.4. The summed E-state index contributed by atoms with van der Waals surface area (Å²) in [6, 6.07) is 5.45. The average Bonchev–Trinajstić information content (AvgIpc) is 2.54. The third-order valence-electron chi connectivity index (χ3n) is 3.21. The maximum atomic E-state index is 12.4. The highest BCUT2D eigenvalue weighted by Crippen LogP contribution is 2.14. The van der Waals surface area contributed by atoms with Gasteiger partial charge in [0.1, 0.15) is 0 Å². The number of hydrogen-bond donors (Lipinski definition) is 0. The van der Waals surface area contributed by atoms with E-state index in [2.05, 4.69) is 4.74 Å². The van der Waals surface area contributed by atoms with Gasteiger partial charge in [-0.1, -0.05) is 13.3 Å². The molecule has 0 aliphatic rings. The van der Waals surface area contributed by atoms with Crippen molar-refractivity contribution in [2.45, 2.75) is 26.2 Å². The van der Waals surface area contributed by atoms with Crippen LogP contribution in [0.15, 0.2) is 24.3 Å². The Balaban J connectivity index is 2.80. The lowest BCUT2D eigenvalue weighted by atomic mass is 10.1. The van der Waals surface area contributed by atoms with Crippen LogP contribution in [0, 0.1) is 10.1 Å². The van der Waals surface area contributed by atoms with Crippen LogP contribution in [0.4, 0.5) is 5.69 Å². The molecule has 0 heterocycles. The van der Waals surface area contributed by atoms with E-state index in [1.54, 1.807) is 4.90 Å². The molecule has 0 bridgehead atoms. The minimum atomic E-state index is -0.514. The van der Waals surface area contributed by atoms with E-state index >= 15 is 0 Å². The molecule has 0 fully saturated rings. The fourth-order valence-corrected chi connectivity index (χ4v) is 1.90. The highest BCUT2D eigenvalue weighted by atomic mass is 16.6. The van der Waals surface area contributed by atoms with E-state index in [1.165, 1.54) is 31.4 Å². The van der Waals surface area contributed by atoms with E-state index in [0.29, 0.717) is 12.1 Å². The quantitative estimate of drug-likeness (QED) is 0.418. The van der Waals surface area contributed by atoms with Gasteiger partial charge in [0.2, 0.25) is 0 Å². The van der Waals surface area contributed by atoms with Gasteiger partial charge in [-0.25, -0.2) is 0 Å². The van der Waals surface area contributed by atoms with E-state index < -0.39 is 4.92 Å². The molecule has 0 N–H and O–H groups in total. The van der Waals surface area contributed by atoms with Crippen LogP contribution >= 0.6 is 0 Å². The summed E-state index contributed by atoms with van der Waals surface area (Å²) in [6.45, 7) is 2.81. The minimum Gasteiger partial charge on any atom is -0.469 e. The van der Waals surface area contributed by atoms with Crippen molar-refractivity contribution < 1.29 is 19.2 Å². The van der Waals surface area contributed by atoms with E-state index in [9.17, 15) is 19.7 Å². The third kappa shape index (κ3) is 5.16. The molecule has 0 aliphatic carbocycles. The smallest absolute Gasteiger partial charge is 0.307 e. The molecule has 1 aromatic carbocycles. The first-order chi connectivity index (χ1) is 10.5. The van der Waals surface area contributed by atoms with Crippen LogP contribution in [-0.4, -0.2) is 41.9 Å². The number of ether oxygens (including phenoxy) is 1. The molecule has 0 radical (unpaired) electrons. The summed E-state index contributed by atoms with van der Waals surface area (Å²) in [6.07, 6.45) is 1.86. The molecular formula is C15H20N2O5. The van der Waals surface area contributed by atoms with Crippen molar-refractivity contribution in [1.29, 1.82) is 0 Å². The van der Waals surface area contributed by atoms with Crippen LogP contribution in [0.25, 0.3) is 0 Å². The molecule has 0 aromatic heterocycles. The van der Waals surface area contributed by atoms with Gasteiger partial charge in [-0.15, -0.1) is 0 Å². The average molecular weight is 308 g/mol. The molecular weight excluding hydrogens is 288 g/mol. The highest BCUT2D eigenvalue weighted by molar-refractivity contribution is 5.94. The highest BCUT2D eigenvalue weighted by Gasteiger charge is 2.17. The zero-order valence-corrected chi connectivity index (χ0v) is 12.8. The lowest BCUT2D eigenvalue weighted by Gasteiger charge is -2.22. The third-order valence-corrected chi connectivity index (χ3v) is 3.21. The predicted octanol–water partition coefficient (Wildman–Crippen LogP) is 2.40. The van der Waals surface area contributed by atoms with E-state index in [1.807, 2.05) is 6.92 Å². The van der Waals surface area contributed by atoms with Crippen LogP contribution in [-0.2, 0) is 9.53 Å². The van der Waals surface area contributed by atoms with Gasteiger partial charge in [0, 0.05) is 30.8 Å². The molecule has 0 atom stereocenters. The molecule has 0 saturated carbocycles. The maximum Gasteiger partial charge on any atom is 0.307 e. The summed E-state index contributed by atoms with van der Waals surface area (Å²) < 4.78 is 4.58. The lowest BCUT2D eigenvalue weighted by Crippen LogP contribution is -2.34. The minimum absolute atomic E-state index is 0.0637. The molecule has 7 nitrogen and oxygen atoms in total. The van der Waals surface area contributed by atoms with Crippen molar-refractivity contribution in [1.82, 2.24) is 4.90 Å². The van der Waals surface area contributed by atoms with Gasteiger partial charge in [0.15, 0.2) is 0 Å². The van der Waals surface area contributed by atoms with Crippen molar-refractivity contribution >= 4 is 17.6 Å². The van der Waals surface area contributed by atoms with Gasteiger partial charge in [0.25, 0.3) is 11.6 Å². The van der Waals surface area contributed by atoms with Gasteiger partial charge in [0.05, 0.1) is 18.5 Å². The predicted molar refractivity (Wildman–Crippen MR) is 80.5 cm³/mol. The molecule has 0 spiro atoms. The van der Waals surface area contributed by atoms with Gasteiger partial charge >= 0.3 is 5.97 Å². The second kappa shape index (κ2) is 8.76. The topological polar surface area (TPSA) is 89.8 Å². The normalized spacial score (nSPS) is 10.1. The monoisotopic (exact) mass is 308 g/mol. The number of benzene rings is 1. The number of carbonyl (C=O) groups excluding carboxylic acids is 2. The first kappa shape index (κ1) is 17.6. The van der Waals surface area contributed by atoms with E-state index in [4.69, 9.17) is 0 Å². The van der Waals surface area contributed by atoms with Gasteiger partial charge in [-0.3, -0.25) is 19.7 Å². The Morgan fingerprint density at radius 2 is 1.86 bits per heavy atom. The lowest BCUT2D eigenvalue weighted by molar-refractivity contribution is -0.384. The number of nitrogens with zero attached hydrogens (tertiary/aromatic N) is 2. The Morgan fingerprint density at radius 3 is 2.36 bits per heavy atom. The zero-order valence-electron chi connectivity index (χ0n) is 12.8. The number of non-ortho nitro benzene ring substituents is 1.